The van der Waals surface area contributed by atoms with Crippen LogP contribution >= 0.6 is 0 Å². The molecular weight excluding hydrogens is 154 g/mol. The van der Waals surface area contributed by atoms with E-state index in [9.17, 15) is 0 Å². The molecule has 0 bridgehead atoms. The normalized spacial score (nSPS) is 32.7. The van der Waals surface area contributed by atoms with Crippen LogP contribution in [0.5, 0.6) is 0 Å². The molecule has 0 amide bonds. The molecule has 1 fully saturated rings. The summed E-state index contributed by atoms with van der Waals surface area (Å²) in [6.45, 7) is 7.16. The number of nitrogens with zero attached hydrogens (tertiary/aromatic N) is 2. The Morgan fingerprint density at radius 1 is 1.50 bits per heavy atom. The summed E-state index contributed by atoms with van der Waals surface area (Å²) >= 11 is 0. The molecule has 0 aromatic rings. The topological polar surface area (TPSA) is 61.8 Å². The van der Waals surface area contributed by atoms with Gasteiger partial charge in [-0.25, -0.2) is 0 Å². The van der Waals surface area contributed by atoms with Crippen molar-refractivity contribution in [1.29, 1.82) is 0 Å². The molecule has 2 atom stereocenters. The molecule has 70 valence electrons. The molecule has 0 aliphatic carbocycles. The van der Waals surface area contributed by atoms with Gasteiger partial charge in [0.2, 0.25) is 0 Å². The Bertz CT molecular complexity index is 171. The van der Waals surface area contributed by atoms with Crippen LogP contribution < -0.4 is 5.73 Å². The minimum Gasteiger partial charge on any atom is -0.409 e. The molecule has 0 aromatic heterocycles. The fourth-order valence-electron chi connectivity index (χ4n) is 1.64. The highest BCUT2D eigenvalue weighted by Gasteiger charge is 2.26. The average Bonchev–Trinajstić information content (AvgIpc) is 2.31. The fraction of sp³-hybridized carbons (Fsp3) is 0.875. The molecule has 4 nitrogen and oxygen atoms in total. The molecule has 0 radical (unpaired) electrons. The zero-order valence-electron chi connectivity index (χ0n) is 7.70. The van der Waals surface area contributed by atoms with Crippen molar-refractivity contribution in [3.8, 4) is 0 Å². The van der Waals surface area contributed by atoms with Crippen LogP contribution in [0.2, 0.25) is 0 Å². The molecule has 1 rings (SSSR count). The van der Waals surface area contributed by atoms with E-state index in [0.717, 1.165) is 24.9 Å². The number of amidine groups is 1. The maximum atomic E-state index is 8.36. The predicted molar refractivity (Wildman–Crippen MR) is 48.2 cm³/mol. The molecule has 0 spiro atoms. The monoisotopic (exact) mass is 171 g/mol. The Morgan fingerprint density at radius 3 is 2.42 bits per heavy atom. The highest BCUT2D eigenvalue weighted by molar-refractivity contribution is 5.81. The van der Waals surface area contributed by atoms with Gasteiger partial charge in [-0.1, -0.05) is 19.0 Å². The Morgan fingerprint density at radius 2 is 2.00 bits per heavy atom. The van der Waals surface area contributed by atoms with Crippen molar-refractivity contribution in [3.05, 3.63) is 0 Å². The van der Waals surface area contributed by atoms with Crippen LogP contribution in [-0.2, 0) is 0 Å². The lowest BCUT2D eigenvalue weighted by Crippen LogP contribution is -2.32. The van der Waals surface area contributed by atoms with Gasteiger partial charge in [-0.3, -0.25) is 4.90 Å². The molecule has 0 saturated carbocycles. The Balaban J connectivity index is 2.37. The van der Waals surface area contributed by atoms with E-state index >= 15 is 0 Å². The zero-order valence-corrected chi connectivity index (χ0v) is 7.70. The van der Waals surface area contributed by atoms with E-state index in [1.807, 2.05) is 0 Å². The minimum absolute atomic E-state index is 0.302. The summed E-state index contributed by atoms with van der Waals surface area (Å²) in [5.74, 6) is 1.74. The van der Waals surface area contributed by atoms with Crippen LogP contribution in [0, 0.1) is 11.8 Å². The van der Waals surface area contributed by atoms with E-state index in [2.05, 4.69) is 23.9 Å². The van der Waals surface area contributed by atoms with Crippen LogP contribution in [0.1, 0.15) is 13.8 Å². The van der Waals surface area contributed by atoms with Gasteiger partial charge >= 0.3 is 0 Å². The first-order valence-electron chi connectivity index (χ1n) is 4.32. The number of hydrogen-bond donors (Lipinski definition) is 2. The SMILES string of the molecule is CC1CN(CC(N)=NO)CC1C. The molecule has 2 unspecified atom stereocenters. The molecule has 0 aromatic carbocycles. The molecule has 1 saturated heterocycles. The summed E-state index contributed by atoms with van der Waals surface area (Å²) in [5, 5.41) is 11.3. The van der Waals surface area contributed by atoms with Crippen molar-refractivity contribution in [3.63, 3.8) is 0 Å². The Labute approximate surface area is 73.0 Å². The lowest BCUT2D eigenvalue weighted by atomic mass is 10.0. The van der Waals surface area contributed by atoms with Gasteiger partial charge in [0.1, 0.15) is 0 Å². The van der Waals surface area contributed by atoms with Crippen molar-refractivity contribution >= 4 is 5.84 Å². The number of likely N-dealkylation sites (tertiary alicyclic amines) is 1. The summed E-state index contributed by atoms with van der Waals surface area (Å²) in [7, 11) is 0. The molecule has 4 heteroatoms. The van der Waals surface area contributed by atoms with Crippen molar-refractivity contribution in [2.75, 3.05) is 19.6 Å². The van der Waals surface area contributed by atoms with Gasteiger partial charge in [-0.2, -0.15) is 0 Å². The highest BCUT2D eigenvalue weighted by atomic mass is 16.4. The summed E-state index contributed by atoms with van der Waals surface area (Å²) in [4.78, 5) is 2.21. The van der Waals surface area contributed by atoms with E-state index in [-0.39, 0.29) is 0 Å². The van der Waals surface area contributed by atoms with Crippen molar-refractivity contribution in [2.45, 2.75) is 13.8 Å². The predicted octanol–water partition coefficient (Wildman–Crippen LogP) is 0.321. The van der Waals surface area contributed by atoms with Crippen LogP contribution in [0.15, 0.2) is 5.16 Å². The van der Waals surface area contributed by atoms with E-state index in [1.165, 1.54) is 0 Å². The lowest BCUT2D eigenvalue weighted by Gasteiger charge is -2.13. The highest BCUT2D eigenvalue weighted by Crippen LogP contribution is 2.21. The van der Waals surface area contributed by atoms with Gasteiger partial charge in [-0.05, 0) is 11.8 Å². The number of oxime groups is 1. The molecular formula is C8H17N3O. The number of hydrogen-bond acceptors (Lipinski definition) is 3. The summed E-state index contributed by atoms with van der Waals surface area (Å²) < 4.78 is 0. The molecule has 12 heavy (non-hydrogen) atoms. The van der Waals surface area contributed by atoms with Crippen LogP contribution in [0.25, 0.3) is 0 Å². The summed E-state index contributed by atoms with van der Waals surface area (Å²) in [6, 6.07) is 0. The third kappa shape index (κ3) is 2.11. The quantitative estimate of drug-likeness (QED) is 0.272. The van der Waals surface area contributed by atoms with Gasteiger partial charge in [0.25, 0.3) is 0 Å². The van der Waals surface area contributed by atoms with E-state index < -0.39 is 0 Å². The lowest BCUT2D eigenvalue weighted by molar-refractivity contribution is 0.308. The molecule has 1 aliphatic rings. The van der Waals surface area contributed by atoms with Gasteiger partial charge in [0.15, 0.2) is 5.84 Å². The fourth-order valence-corrected chi connectivity index (χ4v) is 1.64. The molecule has 1 aliphatic heterocycles. The summed E-state index contributed by atoms with van der Waals surface area (Å²) in [5.41, 5.74) is 5.40. The summed E-state index contributed by atoms with van der Waals surface area (Å²) in [6.07, 6.45) is 0. The van der Waals surface area contributed by atoms with Crippen molar-refractivity contribution in [1.82, 2.24) is 4.90 Å². The van der Waals surface area contributed by atoms with Gasteiger partial charge in [0.05, 0.1) is 6.54 Å². The second-order valence-corrected chi connectivity index (χ2v) is 3.74. The zero-order chi connectivity index (χ0) is 9.14. The first kappa shape index (κ1) is 9.32. The second-order valence-electron chi connectivity index (χ2n) is 3.74. The van der Waals surface area contributed by atoms with E-state index in [0.29, 0.717) is 12.4 Å². The van der Waals surface area contributed by atoms with E-state index in [4.69, 9.17) is 10.9 Å². The number of nitrogens with two attached hydrogens (primary N) is 1. The minimum atomic E-state index is 0.302. The van der Waals surface area contributed by atoms with E-state index in [1.54, 1.807) is 0 Å². The van der Waals surface area contributed by atoms with Crippen LogP contribution in [0.4, 0.5) is 0 Å². The van der Waals surface area contributed by atoms with Crippen molar-refractivity contribution < 1.29 is 5.21 Å². The second kappa shape index (κ2) is 3.76. The maximum absolute atomic E-state index is 8.36. The first-order chi connectivity index (χ1) is 5.63. The maximum Gasteiger partial charge on any atom is 0.153 e. The molecule has 3 N–H and O–H groups in total. The molecule has 1 heterocycles. The Kier molecular flexibility index (Phi) is 2.92. The smallest absolute Gasteiger partial charge is 0.153 e. The Hall–Kier alpha value is -0.770. The third-order valence-corrected chi connectivity index (χ3v) is 2.58. The van der Waals surface area contributed by atoms with Gasteiger partial charge < -0.3 is 10.9 Å². The first-order valence-corrected chi connectivity index (χ1v) is 4.32. The van der Waals surface area contributed by atoms with Crippen LogP contribution in [0.3, 0.4) is 0 Å². The van der Waals surface area contributed by atoms with Gasteiger partial charge in [0, 0.05) is 13.1 Å². The number of rotatable bonds is 2. The third-order valence-electron chi connectivity index (χ3n) is 2.58. The van der Waals surface area contributed by atoms with Crippen LogP contribution in [-0.4, -0.2) is 35.6 Å². The largest absolute Gasteiger partial charge is 0.409 e. The average molecular weight is 171 g/mol. The standard InChI is InChI=1S/C8H17N3O/c1-6-3-11(4-7(6)2)5-8(9)10-12/h6-7,12H,3-5H2,1-2H3,(H2,9,10). The van der Waals surface area contributed by atoms with Gasteiger partial charge in [-0.15, -0.1) is 0 Å². The van der Waals surface area contributed by atoms with Crippen molar-refractivity contribution in [2.24, 2.45) is 22.7 Å².